The molecule has 3 aromatic rings. The number of nitrogens with zero attached hydrogens (tertiary/aromatic N) is 3. The molecule has 0 saturated carbocycles. The summed E-state index contributed by atoms with van der Waals surface area (Å²) in [5.41, 5.74) is 2.19. The van der Waals surface area contributed by atoms with Crippen LogP contribution in [-0.2, 0) is 13.5 Å². The molecular weight excluding hydrogens is 290 g/mol. The van der Waals surface area contributed by atoms with E-state index in [9.17, 15) is 4.79 Å². The van der Waals surface area contributed by atoms with Gasteiger partial charge in [0.25, 0.3) is 5.56 Å². The van der Waals surface area contributed by atoms with Crippen molar-refractivity contribution >= 4 is 0 Å². The topological polar surface area (TPSA) is 57.0 Å². The standard InChI is InChI=1S/C18H17N3O2/c1-21-18(22)16(12-13-8-10-15(23-2)11-9-13)19-17(20-21)14-6-4-3-5-7-14/h3-11H,12H2,1-2H3. The SMILES string of the molecule is COc1ccc(Cc2nc(-c3ccccc3)nn(C)c2=O)cc1. The van der Waals surface area contributed by atoms with Crippen molar-refractivity contribution < 1.29 is 4.74 Å². The highest BCUT2D eigenvalue weighted by Gasteiger charge is 2.10. The molecule has 0 atom stereocenters. The van der Waals surface area contributed by atoms with Crippen molar-refractivity contribution in [1.82, 2.24) is 14.8 Å². The predicted molar refractivity (Wildman–Crippen MR) is 88.5 cm³/mol. The fraction of sp³-hybridized carbons (Fsp3) is 0.167. The van der Waals surface area contributed by atoms with Gasteiger partial charge in [0.15, 0.2) is 5.82 Å². The Kier molecular flexibility index (Phi) is 4.19. The van der Waals surface area contributed by atoms with Crippen LogP contribution in [0.3, 0.4) is 0 Å². The van der Waals surface area contributed by atoms with Gasteiger partial charge in [0.05, 0.1) is 7.11 Å². The van der Waals surface area contributed by atoms with Crippen molar-refractivity contribution in [3.05, 3.63) is 76.2 Å². The van der Waals surface area contributed by atoms with Crippen LogP contribution >= 0.6 is 0 Å². The summed E-state index contributed by atoms with van der Waals surface area (Å²) in [4.78, 5) is 16.8. The first-order valence-corrected chi connectivity index (χ1v) is 7.30. The summed E-state index contributed by atoms with van der Waals surface area (Å²) < 4.78 is 6.49. The van der Waals surface area contributed by atoms with Crippen molar-refractivity contribution in [2.75, 3.05) is 7.11 Å². The lowest BCUT2D eigenvalue weighted by molar-refractivity contribution is 0.414. The molecule has 0 saturated heterocycles. The highest BCUT2D eigenvalue weighted by Crippen LogP contribution is 2.15. The van der Waals surface area contributed by atoms with Gasteiger partial charge in [-0.15, -0.1) is 5.10 Å². The average molecular weight is 307 g/mol. The molecule has 1 heterocycles. The van der Waals surface area contributed by atoms with E-state index in [1.54, 1.807) is 14.2 Å². The lowest BCUT2D eigenvalue weighted by Gasteiger charge is -2.07. The zero-order chi connectivity index (χ0) is 16.2. The Morgan fingerprint density at radius 1 is 1.04 bits per heavy atom. The molecule has 0 fully saturated rings. The molecule has 0 aliphatic rings. The molecular formula is C18H17N3O2. The summed E-state index contributed by atoms with van der Waals surface area (Å²) >= 11 is 0. The van der Waals surface area contributed by atoms with Crippen LogP contribution in [0.2, 0.25) is 0 Å². The van der Waals surface area contributed by atoms with Gasteiger partial charge >= 0.3 is 0 Å². The molecule has 5 nitrogen and oxygen atoms in total. The molecule has 0 aliphatic heterocycles. The molecule has 0 amide bonds. The van der Waals surface area contributed by atoms with Crippen LogP contribution in [0, 0.1) is 0 Å². The van der Waals surface area contributed by atoms with Crippen LogP contribution in [0.4, 0.5) is 0 Å². The molecule has 23 heavy (non-hydrogen) atoms. The number of ether oxygens (including phenoxy) is 1. The average Bonchev–Trinajstić information content (AvgIpc) is 2.60. The quantitative estimate of drug-likeness (QED) is 0.743. The van der Waals surface area contributed by atoms with E-state index in [2.05, 4.69) is 10.1 Å². The van der Waals surface area contributed by atoms with Crippen molar-refractivity contribution in [3.8, 4) is 17.1 Å². The second-order valence-corrected chi connectivity index (χ2v) is 5.20. The zero-order valence-corrected chi connectivity index (χ0v) is 13.1. The number of benzene rings is 2. The number of hydrogen-bond acceptors (Lipinski definition) is 4. The van der Waals surface area contributed by atoms with E-state index in [1.807, 2.05) is 54.6 Å². The number of aromatic nitrogens is 3. The van der Waals surface area contributed by atoms with Gasteiger partial charge in [-0.05, 0) is 17.7 Å². The minimum Gasteiger partial charge on any atom is -0.497 e. The van der Waals surface area contributed by atoms with Gasteiger partial charge in [-0.1, -0.05) is 42.5 Å². The molecule has 2 aromatic carbocycles. The summed E-state index contributed by atoms with van der Waals surface area (Å²) in [6, 6.07) is 17.3. The summed E-state index contributed by atoms with van der Waals surface area (Å²) in [6.45, 7) is 0. The molecule has 0 aliphatic carbocycles. The monoisotopic (exact) mass is 307 g/mol. The van der Waals surface area contributed by atoms with Gasteiger partial charge in [0.1, 0.15) is 11.4 Å². The Balaban J connectivity index is 1.98. The lowest BCUT2D eigenvalue weighted by atomic mass is 10.1. The summed E-state index contributed by atoms with van der Waals surface area (Å²) in [5, 5.41) is 4.25. The molecule has 116 valence electrons. The number of rotatable bonds is 4. The summed E-state index contributed by atoms with van der Waals surface area (Å²) in [6.07, 6.45) is 0.457. The normalized spacial score (nSPS) is 10.5. The Labute approximate surface area is 134 Å². The first kappa shape index (κ1) is 15.0. The molecule has 0 spiro atoms. The third-order valence-corrected chi connectivity index (χ3v) is 3.59. The van der Waals surface area contributed by atoms with E-state index < -0.39 is 0 Å². The maximum atomic E-state index is 12.3. The maximum absolute atomic E-state index is 12.3. The number of hydrogen-bond donors (Lipinski definition) is 0. The molecule has 0 radical (unpaired) electrons. The predicted octanol–water partition coefficient (Wildman–Crippen LogP) is 2.44. The van der Waals surface area contributed by atoms with Crippen molar-refractivity contribution in [2.45, 2.75) is 6.42 Å². The van der Waals surface area contributed by atoms with Gasteiger partial charge in [0, 0.05) is 19.0 Å². The second-order valence-electron chi connectivity index (χ2n) is 5.20. The third-order valence-electron chi connectivity index (χ3n) is 3.59. The fourth-order valence-corrected chi connectivity index (χ4v) is 2.33. The molecule has 3 rings (SSSR count). The van der Waals surface area contributed by atoms with E-state index >= 15 is 0 Å². The number of methoxy groups -OCH3 is 1. The van der Waals surface area contributed by atoms with Crippen molar-refractivity contribution in [1.29, 1.82) is 0 Å². The number of aryl methyl sites for hydroxylation is 1. The lowest BCUT2D eigenvalue weighted by Crippen LogP contribution is -2.26. The minimum absolute atomic E-state index is 0.180. The van der Waals surface area contributed by atoms with Gasteiger partial charge in [0.2, 0.25) is 0 Å². The van der Waals surface area contributed by atoms with Crippen LogP contribution < -0.4 is 10.3 Å². The van der Waals surface area contributed by atoms with Crippen molar-refractivity contribution in [3.63, 3.8) is 0 Å². The van der Waals surface area contributed by atoms with Gasteiger partial charge in [-0.3, -0.25) is 4.79 Å². The first-order valence-electron chi connectivity index (χ1n) is 7.30. The van der Waals surface area contributed by atoms with Gasteiger partial charge in [-0.2, -0.15) is 0 Å². The minimum atomic E-state index is -0.180. The van der Waals surface area contributed by atoms with E-state index in [4.69, 9.17) is 4.74 Å². The highest BCUT2D eigenvalue weighted by atomic mass is 16.5. The van der Waals surface area contributed by atoms with Crippen LogP contribution in [0.1, 0.15) is 11.3 Å². The Morgan fingerprint density at radius 2 is 1.74 bits per heavy atom. The van der Waals surface area contributed by atoms with E-state index in [0.717, 1.165) is 16.9 Å². The van der Waals surface area contributed by atoms with Crippen LogP contribution in [0.5, 0.6) is 5.75 Å². The van der Waals surface area contributed by atoms with Gasteiger partial charge < -0.3 is 4.74 Å². The summed E-state index contributed by atoms with van der Waals surface area (Å²) in [5.74, 6) is 1.34. The highest BCUT2D eigenvalue weighted by molar-refractivity contribution is 5.53. The third kappa shape index (κ3) is 3.29. The fourth-order valence-electron chi connectivity index (χ4n) is 2.33. The van der Waals surface area contributed by atoms with Gasteiger partial charge in [-0.25, -0.2) is 9.67 Å². The largest absolute Gasteiger partial charge is 0.497 e. The Hall–Kier alpha value is -2.95. The van der Waals surface area contributed by atoms with Crippen molar-refractivity contribution in [2.24, 2.45) is 7.05 Å². The molecule has 5 heteroatoms. The molecule has 0 N–H and O–H groups in total. The van der Waals surface area contributed by atoms with E-state index in [1.165, 1.54) is 4.68 Å². The smallest absolute Gasteiger partial charge is 0.288 e. The Bertz CT molecular complexity index is 856. The first-order chi connectivity index (χ1) is 11.2. The zero-order valence-electron chi connectivity index (χ0n) is 13.1. The Morgan fingerprint density at radius 3 is 2.39 bits per heavy atom. The van der Waals surface area contributed by atoms with Crippen LogP contribution in [-0.4, -0.2) is 21.9 Å². The summed E-state index contributed by atoms with van der Waals surface area (Å²) in [7, 11) is 3.27. The van der Waals surface area contributed by atoms with E-state index in [-0.39, 0.29) is 5.56 Å². The van der Waals surface area contributed by atoms with E-state index in [0.29, 0.717) is 17.9 Å². The maximum Gasteiger partial charge on any atom is 0.288 e. The molecule has 0 unspecified atom stereocenters. The second kappa shape index (κ2) is 6.44. The van der Waals surface area contributed by atoms with Crippen LogP contribution in [0.15, 0.2) is 59.4 Å². The molecule has 1 aromatic heterocycles. The molecule has 0 bridgehead atoms. The van der Waals surface area contributed by atoms with Crippen LogP contribution in [0.25, 0.3) is 11.4 Å².